The third kappa shape index (κ3) is 11.3. The van der Waals surface area contributed by atoms with E-state index in [9.17, 15) is 49.1 Å². The molecule has 1 aliphatic heterocycles. The van der Waals surface area contributed by atoms with Gasteiger partial charge in [0.1, 0.15) is 6.04 Å². The van der Waals surface area contributed by atoms with E-state index in [0.717, 1.165) is 43.9 Å². The molecule has 6 rings (SSSR count). The van der Waals surface area contributed by atoms with Crippen LogP contribution in [0.3, 0.4) is 0 Å². The first-order valence-corrected chi connectivity index (χ1v) is 19.6. The Kier molecular flexibility index (Phi) is 13.7. The number of rotatable bonds is 13. The Balaban J connectivity index is 1.49. The van der Waals surface area contributed by atoms with Gasteiger partial charge < -0.3 is 14.4 Å². The number of carbonyl (C=O) groups excluding carboxylic acids is 2. The van der Waals surface area contributed by atoms with Gasteiger partial charge >= 0.3 is 30.6 Å². The van der Waals surface area contributed by atoms with Gasteiger partial charge in [0.2, 0.25) is 0 Å². The number of hydrogen-bond donors (Lipinski definition) is 0. The van der Waals surface area contributed by atoms with Crippen LogP contribution in [0.2, 0.25) is 0 Å². The number of methoxy groups -OCH3 is 1. The average Bonchev–Trinajstić information content (AvgIpc) is 3.68. The van der Waals surface area contributed by atoms with Gasteiger partial charge in [-0.1, -0.05) is 65.8 Å². The number of carbonyl (C=O) groups is 2. The molecule has 2 heterocycles. The lowest BCUT2D eigenvalue weighted by Crippen LogP contribution is -2.47. The summed E-state index contributed by atoms with van der Waals surface area (Å²) in [7, 11) is 1.18. The van der Waals surface area contributed by atoms with Crippen LogP contribution in [0.15, 0.2) is 97.1 Å². The highest BCUT2D eigenvalue weighted by molar-refractivity contribution is 5.90. The van der Waals surface area contributed by atoms with Gasteiger partial charge in [0.15, 0.2) is 0 Å². The average molecular weight is 892 g/mol. The Labute approximate surface area is 356 Å². The third-order valence-corrected chi connectivity index (χ3v) is 10.3. The monoisotopic (exact) mass is 891 g/mol. The van der Waals surface area contributed by atoms with Gasteiger partial charge in [-0.05, 0) is 91.1 Å². The molecule has 0 radical (unpaired) electrons. The molecule has 11 nitrogen and oxygen atoms in total. The summed E-state index contributed by atoms with van der Waals surface area (Å²) >= 11 is 0. The van der Waals surface area contributed by atoms with E-state index in [-0.39, 0.29) is 43.4 Å². The molecule has 0 unspecified atom stereocenters. The van der Waals surface area contributed by atoms with Gasteiger partial charge in [-0.3, -0.25) is 14.6 Å². The largest absolute Gasteiger partial charge is 0.468 e. The van der Waals surface area contributed by atoms with E-state index in [4.69, 9.17) is 9.47 Å². The Bertz CT molecular complexity index is 2280. The van der Waals surface area contributed by atoms with Gasteiger partial charge in [-0.2, -0.15) is 44.3 Å². The fraction of sp³-hybridized carbons (Fsp3) is 0.372. The number of hydrogen-bond acceptors (Lipinski definition) is 9. The van der Waals surface area contributed by atoms with Gasteiger partial charge in [-0.25, -0.2) is 4.79 Å². The van der Waals surface area contributed by atoms with Gasteiger partial charge in [0.05, 0.1) is 48.2 Å². The minimum Gasteiger partial charge on any atom is -0.468 e. The summed E-state index contributed by atoms with van der Waals surface area (Å²) in [4.78, 5) is 32.0. The fourth-order valence-electron chi connectivity index (χ4n) is 7.44. The van der Waals surface area contributed by atoms with Crippen molar-refractivity contribution in [2.75, 3.05) is 16.9 Å². The molecule has 3 atom stereocenters. The Morgan fingerprint density at radius 1 is 0.746 bits per heavy atom. The Morgan fingerprint density at radius 2 is 1.30 bits per heavy atom. The fourth-order valence-corrected chi connectivity index (χ4v) is 7.44. The molecule has 5 aromatic rings. The van der Waals surface area contributed by atoms with E-state index in [2.05, 4.69) is 15.4 Å². The molecule has 0 bridgehead atoms. The SMILES string of the molecule is COC(=O)[C@@H](Cn1nnc(N(Cc2cc(C(F)(F)F)cc(C(F)(F)F)c2)[C@H]2C[C@@H](C)N(C(=O)OC(C)C)c3ccc(C(F)(F)F)cc32)n1)N(Cc1ccccc1)Cc1ccccc1. The number of halogens is 9. The molecule has 1 aliphatic rings. The van der Waals surface area contributed by atoms with Crippen molar-refractivity contribution >= 4 is 23.7 Å². The first-order chi connectivity index (χ1) is 29.6. The zero-order valence-corrected chi connectivity index (χ0v) is 34.2. The second-order valence-corrected chi connectivity index (χ2v) is 15.3. The summed E-state index contributed by atoms with van der Waals surface area (Å²) < 4.78 is 138. The summed E-state index contributed by atoms with van der Waals surface area (Å²) in [6, 6.07) is 18.6. The number of anilines is 2. The number of fused-ring (bicyclic) bond motifs is 1. The molecule has 1 aromatic heterocycles. The molecule has 0 N–H and O–H groups in total. The summed E-state index contributed by atoms with van der Waals surface area (Å²) in [6.45, 7) is 4.01. The molecule has 0 saturated carbocycles. The highest BCUT2D eigenvalue weighted by Crippen LogP contribution is 2.45. The molecule has 20 heteroatoms. The smallest absolute Gasteiger partial charge is 0.416 e. The van der Waals surface area contributed by atoms with Crippen LogP contribution in [0.25, 0.3) is 0 Å². The molecule has 1 amide bonds. The van der Waals surface area contributed by atoms with Gasteiger partial charge in [-0.15, -0.1) is 5.10 Å². The van der Waals surface area contributed by atoms with E-state index < -0.39 is 89.6 Å². The lowest BCUT2D eigenvalue weighted by Gasteiger charge is -2.43. The summed E-state index contributed by atoms with van der Waals surface area (Å²) in [5, 5.41) is 12.7. The lowest BCUT2D eigenvalue weighted by atomic mass is 9.89. The number of aromatic nitrogens is 4. The number of esters is 1. The molecule has 0 aliphatic carbocycles. The van der Waals surface area contributed by atoms with Crippen molar-refractivity contribution in [3.05, 3.63) is 136 Å². The zero-order valence-electron chi connectivity index (χ0n) is 34.2. The van der Waals surface area contributed by atoms with Crippen LogP contribution >= 0.6 is 0 Å². The second kappa shape index (κ2) is 18.7. The molecule has 0 spiro atoms. The summed E-state index contributed by atoms with van der Waals surface area (Å²) in [6.07, 6.45) is -17.1. The van der Waals surface area contributed by atoms with Crippen LogP contribution in [0.4, 0.5) is 55.9 Å². The minimum atomic E-state index is -5.22. The molecular formula is C43H42F9N7O4. The molecule has 4 aromatic carbocycles. The number of nitrogens with zero attached hydrogens (tertiary/aromatic N) is 7. The molecule has 336 valence electrons. The van der Waals surface area contributed by atoms with Crippen molar-refractivity contribution in [3.8, 4) is 0 Å². The van der Waals surface area contributed by atoms with Gasteiger partial charge in [0.25, 0.3) is 5.95 Å². The highest BCUT2D eigenvalue weighted by atomic mass is 19.4. The maximum Gasteiger partial charge on any atom is 0.416 e. The van der Waals surface area contributed by atoms with Crippen molar-refractivity contribution in [3.63, 3.8) is 0 Å². The van der Waals surface area contributed by atoms with E-state index in [1.165, 1.54) is 7.11 Å². The predicted molar refractivity (Wildman–Crippen MR) is 211 cm³/mol. The van der Waals surface area contributed by atoms with E-state index >= 15 is 0 Å². The van der Waals surface area contributed by atoms with Crippen LogP contribution in [0.5, 0.6) is 0 Å². The number of tetrazole rings is 1. The number of amides is 1. The Hall–Kier alpha value is -6.18. The van der Waals surface area contributed by atoms with Crippen LogP contribution in [-0.4, -0.2) is 62.5 Å². The van der Waals surface area contributed by atoms with Crippen molar-refractivity contribution < 1.29 is 58.6 Å². The maximum absolute atomic E-state index is 14.3. The zero-order chi connectivity index (χ0) is 45.9. The third-order valence-electron chi connectivity index (χ3n) is 10.3. The van der Waals surface area contributed by atoms with Gasteiger partial charge in [0, 0.05) is 25.7 Å². The van der Waals surface area contributed by atoms with Crippen molar-refractivity contribution in [2.24, 2.45) is 0 Å². The molecule has 63 heavy (non-hydrogen) atoms. The molecule has 0 fully saturated rings. The van der Waals surface area contributed by atoms with Crippen molar-refractivity contribution in [1.29, 1.82) is 0 Å². The highest BCUT2D eigenvalue weighted by Gasteiger charge is 2.43. The summed E-state index contributed by atoms with van der Waals surface area (Å²) in [5.74, 6) is -1.12. The number of benzene rings is 4. The van der Waals surface area contributed by atoms with Crippen LogP contribution in [-0.2, 0) is 59.0 Å². The molecular weight excluding hydrogens is 849 g/mol. The topological polar surface area (TPSA) is 106 Å². The van der Waals surface area contributed by atoms with E-state index in [1.807, 2.05) is 60.7 Å². The standard InChI is InChI=1S/C43H42F9N7O4/c1-26(2)63-40(61)59-27(3)17-36(34-21-31(41(44,45)46)15-16-35(34)59)57(24-30-18-32(42(47,48)49)20-33(19-30)43(50,51)52)39-53-55-58(54-39)25-37(38(60)62-4)56(22-28-11-7-5-8-12-28)23-29-13-9-6-10-14-29/h5-16,18-21,26-27,36-37H,17,22-25H2,1-4H3/t27-,36+,37-/m1/s1. The van der Waals surface area contributed by atoms with Crippen LogP contribution in [0.1, 0.15) is 72.2 Å². The van der Waals surface area contributed by atoms with Crippen molar-refractivity contribution in [1.82, 2.24) is 25.1 Å². The van der Waals surface area contributed by atoms with Crippen LogP contribution in [0, 0.1) is 0 Å². The number of ether oxygens (including phenoxy) is 2. The van der Waals surface area contributed by atoms with Crippen molar-refractivity contribution in [2.45, 2.75) is 96.1 Å². The quantitative estimate of drug-likeness (QED) is 0.0844. The lowest BCUT2D eigenvalue weighted by molar-refractivity contribution is -0.148. The van der Waals surface area contributed by atoms with E-state index in [0.29, 0.717) is 12.1 Å². The number of alkyl halides is 9. The first kappa shape index (κ1) is 46.3. The second-order valence-electron chi connectivity index (χ2n) is 15.3. The minimum absolute atomic E-state index is 0.0439. The normalized spacial score (nSPS) is 16.2. The van der Waals surface area contributed by atoms with E-state index in [1.54, 1.807) is 25.7 Å². The Morgan fingerprint density at radius 3 is 1.81 bits per heavy atom. The van der Waals surface area contributed by atoms with Crippen LogP contribution < -0.4 is 9.80 Å². The molecule has 0 saturated heterocycles. The summed E-state index contributed by atoms with van der Waals surface area (Å²) in [5.41, 5.74) is -3.51. The predicted octanol–water partition coefficient (Wildman–Crippen LogP) is 9.86. The first-order valence-electron chi connectivity index (χ1n) is 19.6. The maximum atomic E-state index is 14.3.